The molecule has 21 heavy (non-hydrogen) atoms. The Labute approximate surface area is 121 Å². The van der Waals surface area contributed by atoms with Gasteiger partial charge in [0, 0.05) is 18.5 Å². The van der Waals surface area contributed by atoms with Gasteiger partial charge in [-0.15, -0.1) is 10.2 Å². The van der Waals surface area contributed by atoms with E-state index in [1.807, 2.05) is 30.3 Å². The number of nitrogens with zero attached hydrogens (tertiary/aromatic N) is 2. The van der Waals surface area contributed by atoms with Crippen LogP contribution >= 0.6 is 0 Å². The van der Waals surface area contributed by atoms with E-state index in [1.54, 1.807) is 18.2 Å². The van der Waals surface area contributed by atoms with Crippen molar-refractivity contribution in [1.82, 2.24) is 10.2 Å². The van der Waals surface area contributed by atoms with E-state index in [1.165, 1.54) is 6.07 Å². The van der Waals surface area contributed by atoms with Gasteiger partial charge in [0.05, 0.1) is 5.69 Å². The topological polar surface area (TPSA) is 51.0 Å². The summed E-state index contributed by atoms with van der Waals surface area (Å²) in [7, 11) is 0. The molecule has 4 nitrogen and oxygen atoms in total. The molecule has 3 rings (SSSR count). The highest BCUT2D eigenvalue weighted by Crippen LogP contribution is 2.17. The van der Waals surface area contributed by atoms with Crippen molar-refractivity contribution in [3.8, 4) is 11.5 Å². The van der Waals surface area contributed by atoms with Crippen molar-refractivity contribution in [1.29, 1.82) is 0 Å². The zero-order valence-electron chi connectivity index (χ0n) is 11.3. The highest BCUT2D eigenvalue weighted by atomic mass is 19.1. The minimum absolute atomic E-state index is 0.270. The van der Waals surface area contributed by atoms with Gasteiger partial charge < -0.3 is 9.73 Å². The molecule has 0 saturated carbocycles. The highest BCUT2D eigenvalue weighted by molar-refractivity contribution is 5.51. The molecule has 1 N–H and O–H groups in total. The summed E-state index contributed by atoms with van der Waals surface area (Å²) in [5, 5.41) is 11.0. The zero-order chi connectivity index (χ0) is 14.5. The largest absolute Gasteiger partial charge is 0.421 e. The fraction of sp³-hybridized carbons (Fsp3) is 0.125. The van der Waals surface area contributed by atoms with E-state index < -0.39 is 0 Å². The van der Waals surface area contributed by atoms with Crippen LogP contribution in [0.5, 0.6) is 0 Å². The summed E-state index contributed by atoms with van der Waals surface area (Å²) in [6.07, 6.45) is 0.536. The first-order valence-corrected chi connectivity index (χ1v) is 6.69. The third-order valence-corrected chi connectivity index (χ3v) is 3.02. The molecule has 1 aromatic heterocycles. The molecular weight excluding hydrogens is 269 g/mol. The van der Waals surface area contributed by atoms with Crippen LogP contribution in [0.3, 0.4) is 0 Å². The fourth-order valence-corrected chi connectivity index (χ4v) is 1.96. The Bertz CT molecular complexity index is 712. The molecule has 2 aromatic carbocycles. The van der Waals surface area contributed by atoms with Crippen LogP contribution in [0.1, 0.15) is 5.89 Å². The molecule has 106 valence electrons. The maximum Gasteiger partial charge on any atom is 0.247 e. The third-order valence-electron chi connectivity index (χ3n) is 3.02. The number of halogens is 1. The minimum atomic E-state index is -0.270. The van der Waals surface area contributed by atoms with Gasteiger partial charge in [-0.3, -0.25) is 0 Å². The van der Waals surface area contributed by atoms with Crippen LogP contribution in [0, 0.1) is 5.82 Å². The summed E-state index contributed by atoms with van der Waals surface area (Å²) in [5.74, 6) is 0.752. The van der Waals surface area contributed by atoms with Crippen molar-refractivity contribution >= 4 is 5.69 Å². The second kappa shape index (κ2) is 6.17. The van der Waals surface area contributed by atoms with E-state index in [2.05, 4.69) is 15.5 Å². The molecule has 0 radical (unpaired) electrons. The van der Waals surface area contributed by atoms with Crippen molar-refractivity contribution in [3.63, 3.8) is 0 Å². The highest BCUT2D eigenvalue weighted by Gasteiger charge is 2.08. The molecule has 3 aromatic rings. The van der Waals surface area contributed by atoms with Crippen molar-refractivity contribution in [2.75, 3.05) is 11.9 Å². The van der Waals surface area contributed by atoms with Crippen LogP contribution in [0.4, 0.5) is 10.1 Å². The lowest BCUT2D eigenvalue weighted by Gasteiger charge is -2.05. The van der Waals surface area contributed by atoms with Gasteiger partial charge in [0.25, 0.3) is 0 Å². The maximum atomic E-state index is 13.4. The molecule has 0 atom stereocenters. The van der Waals surface area contributed by atoms with Gasteiger partial charge in [-0.1, -0.05) is 30.3 Å². The van der Waals surface area contributed by atoms with Gasteiger partial charge >= 0.3 is 0 Å². The third kappa shape index (κ3) is 3.25. The van der Waals surface area contributed by atoms with Crippen LogP contribution in [0.25, 0.3) is 11.5 Å². The first kappa shape index (κ1) is 13.3. The lowest BCUT2D eigenvalue weighted by molar-refractivity contribution is 0.509. The van der Waals surface area contributed by atoms with Crippen LogP contribution in [-0.2, 0) is 6.42 Å². The van der Waals surface area contributed by atoms with E-state index in [-0.39, 0.29) is 5.82 Å². The number of hydrogen-bond donors (Lipinski definition) is 1. The summed E-state index contributed by atoms with van der Waals surface area (Å²) < 4.78 is 19.0. The van der Waals surface area contributed by atoms with Gasteiger partial charge in [0.1, 0.15) is 5.82 Å². The van der Waals surface area contributed by atoms with E-state index in [0.29, 0.717) is 30.4 Å². The molecule has 0 aliphatic heterocycles. The Hall–Kier alpha value is -2.69. The van der Waals surface area contributed by atoms with E-state index >= 15 is 0 Å². The molecule has 0 amide bonds. The molecular formula is C16H14FN3O. The average molecular weight is 283 g/mol. The summed E-state index contributed by atoms with van der Waals surface area (Å²) in [5.41, 5.74) is 1.36. The van der Waals surface area contributed by atoms with E-state index in [0.717, 1.165) is 5.56 Å². The summed E-state index contributed by atoms with van der Waals surface area (Å²) in [6, 6.07) is 16.1. The van der Waals surface area contributed by atoms with Crippen molar-refractivity contribution in [3.05, 3.63) is 66.3 Å². The number of para-hydroxylation sites is 1. The van der Waals surface area contributed by atoms with Crippen LogP contribution in [0.15, 0.2) is 59.0 Å². The number of benzene rings is 2. The normalized spacial score (nSPS) is 10.5. The van der Waals surface area contributed by atoms with Crippen molar-refractivity contribution in [2.24, 2.45) is 0 Å². The predicted octanol–water partition coefficient (Wildman–Crippen LogP) is 3.53. The van der Waals surface area contributed by atoms with Gasteiger partial charge in [-0.2, -0.15) is 0 Å². The quantitative estimate of drug-likeness (QED) is 0.778. The number of anilines is 1. The predicted molar refractivity (Wildman–Crippen MR) is 78.3 cm³/mol. The SMILES string of the molecule is Fc1ccccc1NCCc1nnc(-c2ccccc2)o1. The molecule has 0 aliphatic rings. The lowest BCUT2D eigenvalue weighted by Crippen LogP contribution is -2.06. The molecule has 0 spiro atoms. The summed E-state index contributed by atoms with van der Waals surface area (Å²) >= 11 is 0. The van der Waals surface area contributed by atoms with E-state index in [9.17, 15) is 4.39 Å². The second-order valence-electron chi connectivity index (χ2n) is 4.52. The lowest BCUT2D eigenvalue weighted by atomic mass is 10.2. The minimum Gasteiger partial charge on any atom is -0.421 e. The molecule has 5 heteroatoms. The average Bonchev–Trinajstić information content (AvgIpc) is 2.99. The Morgan fingerprint density at radius 3 is 2.52 bits per heavy atom. The second-order valence-corrected chi connectivity index (χ2v) is 4.52. The Balaban J connectivity index is 1.60. The molecule has 0 fully saturated rings. The van der Waals surface area contributed by atoms with Gasteiger partial charge in [-0.05, 0) is 24.3 Å². The number of nitrogens with one attached hydrogen (secondary N) is 1. The van der Waals surface area contributed by atoms with Crippen LogP contribution in [0.2, 0.25) is 0 Å². The number of rotatable bonds is 5. The molecule has 0 aliphatic carbocycles. The Morgan fingerprint density at radius 2 is 1.71 bits per heavy atom. The fourth-order valence-electron chi connectivity index (χ4n) is 1.96. The number of hydrogen-bond acceptors (Lipinski definition) is 4. The summed E-state index contributed by atoms with van der Waals surface area (Å²) in [4.78, 5) is 0. The first-order chi connectivity index (χ1) is 10.3. The van der Waals surface area contributed by atoms with Crippen molar-refractivity contribution in [2.45, 2.75) is 6.42 Å². The van der Waals surface area contributed by atoms with Gasteiger partial charge in [-0.25, -0.2) is 4.39 Å². The Kier molecular flexibility index (Phi) is 3.91. The smallest absolute Gasteiger partial charge is 0.247 e. The van der Waals surface area contributed by atoms with Crippen molar-refractivity contribution < 1.29 is 8.81 Å². The zero-order valence-corrected chi connectivity index (χ0v) is 11.3. The molecule has 0 unspecified atom stereocenters. The standard InChI is InChI=1S/C16H14FN3O/c17-13-8-4-5-9-14(13)18-11-10-15-19-20-16(21-15)12-6-2-1-3-7-12/h1-9,18H,10-11H2. The Morgan fingerprint density at radius 1 is 0.952 bits per heavy atom. The molecule has 0 bridgehead atoms. The monoisotopic (exact) mass is 283 g/mol. The molecule has 0 saturated heterocycles. The van der Waals surface area contributed by atoms with Gasteiger partial charge in [0.2, 0.25) is 11.8 Å². The molecule has 1 heterocycles. The van der Waals surface area contributed by atoms with E-state index in [4.69, 9.17) is 4.42 Å². The van der Waals surface area contributed by atoms with Gasteiger partial charge in [0.15, 0.2) is 0 Å². The number of aromatic nitrogens is 2. The summed E-state index contributed by atoms with van der Waals surface area (Å²) in [6.45, 7) is 0.525. The van der Waals surface area contributed by atoms with Crippen LogP contribution in [-0.4, -0.2) is 16.7 Å². The maximum absolute atomic E-state index is 13.4. The van der Waals surface area contributed by atoms with Crippen LogP contribution < -0.4 is 5.32 Å². The first-order valence-electron chi connectivity index (χ1n) is 6.69.